The normalized spacial score (nSPS) is 17.2. The zero-order valence-corrected chi connectivity index (χ0v) is 18.3. The number of ether oxygens (including phenoxy) is 1. The monoisotopic (exact) mass is 458 g/mol. The van der Waals surface area contributed by atoms with E-state index in [0.29, 0.717) is 41.8 Å². The summed E-state index contributed by atoms with van der Waals surface area (Å²) in [6.45, 7) is 0.868. The van der Waals surface area contributed by atoms with Gasteiger partial charge in [-0.15, -0.1) is 11.3 Å². The van der Waals surface area contributed by atoms with Crippen LogP contribution in [0.2, 0.25) is 0 Å². The van der Waals surface area contributed by atoms with Gasteiger partial charge in [-0.3, -0.25) is 9.78 Å². The van der Waals surface area contributed by atoms with E-state index in [-0.39, 0.29) is 12.5 Å². The molecule has 1 unspecified atom stereocenters. The van der Waals surface area contributed by atoms with E-state index in [9.17, 15) is 13.2 Å². The van der Waals surface area contributed by atoms with Crippen molar-refractivity contribution in [1.82, 2.24) is 14.3 Å². The molecule has 162 valence electrons. The highest BCUT2D eigenvalue weighted by Crippen LogP contribution is 2.28. The zero-order valence-electron chi connectivity index (χ0n) is 16.7. The summed E-state index contributed by atoms with van der Waals surface area (Å²) in [4.78, 5) is 21.1. The molecule has 1 aliphatic heterocycles. The summed E-state index contributed by atoms with van der Waals surface area (Å²) in [5.74, 6) is 0.0448. The number of rotatable bonds is 7. The highest BCUT2D eigenvalue weighted by molar-refractivity contribution is 7.91. The van der Waals surface area contributed by atoms with E-state index < -0.39 is 15.9 Å². The number of hydrogen-bond donors (Lipinski definition) is 1. The molecule has 0 spiro atoms. The molecule has 0 radical (unpaired) electrons. The first kappa shape index (κ1) is 21.4. The second kappa shape index (κ2) is 9.54. The van der Waals surface area contributed by atoms with Crippen LogP contribution in [0.4, 0.5) is 5.82 Å². The Labute approximate surface area is 185 Å². The van der Waals surface area contributed by atoms with E-state index in [2.05, 4.69) is 15.3 Å². The number of amides is 1. The standard InChI is InChI=1S/C21H22N4O4S2/c26-21(17-4-2-12-25(14-17)31(27,28)19-6-3-13-30-19)24-20-18(5-1-9-23-20)29-15-16-7-10-22-11-8-16/h1,3,5-11,13,17H,2,4,12,14-15H2,(H,23,24,26). The van der Waals surface area contributed by atoms with Gasteiger partial charge < -0.3 is 10.1 Å². The van der Waals surface area contributed by atoms with Gasteiger partial charge in [-0.05, 0) is 54.1 Å². The lowest BCUT2D eigenvalue weighted by atomic mass is 9.99. The van der Waals surface area contributed by atoms with Crippen LogP contribution in [0.5, 0.6) is 5.75 Å². The Kier molecular flexibility index (Phi) is 6.59. The van der Waals surface area contributed by atoms with Gasteiger partial charge in [-0.25, -0.2) is 13.4 Å². The van der Waals surface area contributed by atoms with Crippen molar-refractivity contribution in [3.8, 4) is 5.75 Å². The van der Waals surface area contributed by atoms with Crippen molar-refractivity contribution in [3.63, 3.8) is 0 Å². The molecule has 1 fully saturated rings. The quantitative estimate of drug-likeness (QED) is 0.584. The average molecular weight is 459 g/mol. The fourth-order valence-electron chi connectivity index (χ4n) is 3.37. The van der Waals surface area contributed by atoms with Gasteiger partial charge in [0, 0.05) is 31.7 Å². The molecule has 1 saturated heterocycles. The molecule has 8 nitrogen and oxygen atoms in total. The van der Waals surface area contributed by atoms with E-state index in [0.717, 1.165) is 5.56 Å². The number of nitrogens with one attached hydrogen (secondary N) is 1. The van der Waals surface area contributed by atoms with Crippen LogP contribution in [0.15, 0.2) is 64.6 Å². The van der Waals surface area contributed by atoms with Gasteiger partial charge >= 0.3 is 0 Å². The molecule has 10 heteroatoms. The van der Waals surface area contributed by atoms with E-state index in [1.165, 1.54) is 15.6 Å². The lowest BCUT2D eigenvalue weighted by Gasteiger charge is -2.30. The lowest BCUT2D eigenvalue weighted by Crippen LogP contribution is -2.43. The van der Waals surface area contributed by atoms with Crippen molar-refractivity contribution in [3.05, 3.63) is 65.9 Å². The molecule has 1 aliphatic rings. The number of thiophene rings is 1. The maximum atomic E-state index is 12.9. The summed E-state index contributed by atoms with van der Waals surface area (Å²) in [6, 6.07) is 10.5. The summed E-state index contributed by atoms with van der Waals surface area (Å²) >= 11 is 1.18. The van der Waals surface area contributed by atoms with E-state index in [4.69, 9.17) is 4.74 Å². The number of pyridine rings is 2. The molecule has 4 rings (SSSR count). The number of sulfonamides is 1. The van der Waals surface area contributed by atoms with E-state index in [1.54, 1.807) is 48.2 Å². The Morgan fingerprint density at radius 2 is 2.03 bits per heavy atom. The molecule has 1 atom stereocenters. The van der Waals surface area contributed by atoms with Crippen molar-refractivity contribution in [2.75, 3.05) is 18.4 Å². The van der Waals surface area contributed by atoms with Crippen LogP contribution in [0, 0.1) is 5.92 Å². The fraction of sp³-hybridized carbons (Fsp3) is 0.286. The van der Waals surface area contributed by atoms with Crippen molar-refractivity contribution in [1.29, 1.82) is 0 Å². The first-order valence-electron chi connectivity index (χ1n) is 9.85. The number of nitrogens with zero attached hydrogens (tertiary/aromatic N) is 3. The Morgan fingerprint density at radius 3 is 2.81 bits per heavy atom. The minimum atomic E-state index is -3.58. The summed E-state index contributed by atoms with van der Waals surface area (Å²) < 4.78 is 33.2. The van der Waals surface area contributed by atoms with Gasteiger partial charge in [-0.1, -0.05) is 6.07 Å². The number of hydrogen-bond acceptors (Lipinski definition) is 7. The van der Waals surface area contributed by atoms with Gasteiger partial charge in [0.15, 0.2) is 11.6 Å². The predicted octanol–water partition coefficient (Wildman–Crippen LogP) is 3.16. The predicted molar refractivity (Wildman–Crippen MR) is 117 cm³/mol. The van der Waals surface area contributed by atoms with Crippen LogP contribution in [0.3, 0.4) is 0 Å². The van der Waals surface area contributed by atoms with Crippen molar-refractivity contribution < 1.29 is 17.9 Å². The number of carbonyl (C=O) groups is 1. The molecule has 0 aromatic carbocycles. The summed E-state index contributed by atoms with van der Waals surface area (Å²) in [5, 5.41) is 4.55. The van der Waals surface area contributed by atoms with E-state index >= 15 is 0 Å². The Hall–Kier alpha value is -2.82. The van der Waals surface area contributed by atoms with Crippen LogP contribution in [0.1, 0.15) is 18.4 Å². The largest absolute Gasteiger partial charge is 0.485 e. The van der Waals surface area contributed by atoms with Crippen LogP contribution in [-0.2, 0) is 21.4 Å². The smallest absolute Gasteiger partial charge is 0.252 e. The van der Waals surface area contributed by atoms with Gasteiger partial charge in [0.05, 0.1) is 5.92 Å². The SMILES string of the molecule is O=C(Nc1ncccc1OCc1ccncc1)C1CCCN(S(=O)(=O)c2cccs2)C1. The third kappa shape index (κ3) is 5.09. The van der Waals surface area contributed by atoms with Gasteiger partial charge in [0.1, 0.15) is 10.8 Å². The molecule has 3 aromatic heterocycles. The van der Waals surface area contributed by atoms with Crippen LogP contribution in [-0.4, -0.2) is 41.7 Å². The molecular weight excluding hydrogens is 436 g/mol. The molecule has 31 heavy (non-hydrogen) atoms. The molecule has 0 aliphatic carbocycles. The summed E-state index contributed by atoms with van der Waals surface area (Å²) in [5.41, 5.74) is 0.942. The Bertz CT molecular complexity index is 1120. The van der Waals surface area contributed by atoms with E-state index in [1.807, 2.05) is 12.1 Å². The fourth-order valence-corrected chi connectivity index (χ4v) is 6.04. The third-order valence-corrected chi connectivity index (χ3v) is 8.24. The molecule has 0 saturated carbocycles. The lowest BCUT2D eigenvalue weighted by molar-refractivity contribution is -0.120. The Morgan fingerprint density at radius 1 is 1.19 bits per heavy atom. The average Bonchev–Trinajstić information content (AvgIpc) is 3.35. The number of aromatic nitrogens is 2. The summed E-state index contributed by atoms with van der Waals surface area (Å²) in [6.07, 6.45) is 6.18. The number of piperidine rings is 1. The highest BCUT2D eigenvalue weighted by Gasteiger charge is 2.34. The molecule has 3 aromatic rings. The van der Waals surface area contributed by atoms with Gasteiger partial charge in [0.25, 0.3) is 10.0 Å². The number of carbonyl (C=O) groups excluding carboxylic acids is 1. The van der Waals surface area contributed by atoms with Crippen LogP contribution >= 0.6 is 11.3 Å². The minimum Gasteiger partial charge on any atom is -0.485 e. The second-order valence-electron chi connectivity index (χ2n) is 7.12. The van der Waals surface area contributed by atoms with Crippen molar-refractivity contribution >= 4 is 33.1 Å². The Balaban J connectivity index is 1.42. The third-order valence-electron chi connectivity index (χ3n) is 5.00. The molecular formula is C21H22N4O4S2. The molecule has 1 amide bonds. The molecule has 4 heterocycles. The van der Waals surface area contributed by atoms with Crippen LogP contribution in [0.25, 0.3) is 0 Å². The second-order valence-corrected chi connectivity index (χ2v) is 10.2. The number of anilines is 1. The van der Waals surface area contributed by atoms with Gasteiger partial charge in [-0.2, -0.15) is 4.31 Å². The van der Waals surface area contributed by atoms with Crippen molar-refractivity contribution in [2.24, 2.45) is 5.92 Å². The first-order chi connectivity index (χ1) is 15.0. The summed E-state index contributed by atoms with van der Waals surface area (Å²) in [7, 11) is -3.58. The minimum absolute atomic E-state index is 0.145. The highest BCUT2D eigenvalue weighted by atomic mass is 32.2. The maximum absolute atomic E-state index is 12.9. The maximum Gasteiger partial charge on any atom is 0.252 e. The zero-order chi connectivity index (χ0) is 21.7. The van der Waals surface area contributed by atoms with Crippen molar-refractivity contribution in [2.45, 2.75) is 23.7 Å². The van der Waals surface area contributed by atoms with Crippen LogP contribution < -0.4 is 10.1 Å². The van der Waals surface area contributed by atoms with Gasteiger partial charge in [0.2, 0.25) is 5.91 Å². The molecule has 0 bridgehead atoms. The first-order valence-corrected chi connectivity index (χ1v) is 12.2. The molecule has 1 N–H and O–H groups in total. The topological polar surface area (TPSA) is 101 Å².